The number of nitrogens with one attached hydrogen (secondary N) is 1. The molecule has 9 heteroatoms. The van der Waals surface area contributed by atoms with Crippen LogP contribution < -0.4 is 5.32 Å². The van der Waals surface area contributed by atoms with Crippen LogP contribution in [0.4, 0.5) is 26.3 Å². The van der Waals surface area contributed by atoms with Gasteiger partial charge in [0.2, 0.25) is 0 Å². The van der Waals surface area contributed by atoms with Gasteiger partial charge in [0, 0.05) is 31.4 Å². The lowest BCUT2D eigenvalue weighted by molar-refractivity contribution is -0.291. The van der Waals surface area contributed by atoms with Crippen LogP contribution in [0.5, 0.6) is 0 Å². The van der Waals surface area contributed by atoms with Gasteiger partial charge in [0.25, 0.3) is 0 Å². The van der Waals surface area contributed by atoms with Gasteiger partial charge in [0.15, 0.2) is 5.92 Å². The number of aryl methyl sites for hydroxylation is 1. The summed E-state index contributed by atoms with van der Waals surface area (Å²) in [6.45, 7) is 2.35. The van der Waals surface area contributed by atoms with Crippen LogP contribution in [0.1, 0.15) is 19.2 Å². The zero-order valence-electron chi connectivity index (χ0n) is 11.6. The maximum Gasteiger partial charge on any atom is 0.402 e. The fraction of sp³-hybridized carbons (Fsp3) is 0.750. The zero-order valence-corrected chi connectivity index (χ0v) is 11.6. The van der Waals surface area contributed by atoms with Gasteiger partial charge in [0.05, 0.1) is 0 Å². The molecule has 0 aliphatic carbocycles. The molecule has 1 aromatic rings. The Labute approximate surface area is 118 Å². The van der Waals surface area contributed by atoms with E-state index in [0.717, 1.165) is 7.05 Å². The van der Waals surface area contributed by atoms with Crippen LogP contribution in [0.25, 0.3) is 0 Å². The number of rotatable bonds is 6. The molecule has 0 saturated carbocycles. The number of imidazole rings is 1. The van der Waals surface area contributed by atoms with Crippen LogP contribution in [0.3, 0.4) is 0 Å². The van der Waals surface area contributed by atoms with E-state index >= 15 is 0 Å². The molecule has 1 aromatic heterocycles. The highest BCUT2D eigenvalue weighted by Gasteiger charge is 2.59. The fourth-order valence-electron chi connectivity index (χ4n) is 2.20. The van der Waals surface area contributed by atoms with E-state index in [9.17, 15) is 26.3 Å². The van der Waals surface area contributed by atoms with Gasteiger partial charge in [-0.05, 0) is 13.5 Å². The van der Waals surface area contributed by atoms with Gasteiger partial charge >= 0.3 is 12.4 Å². The molecule has 0 amide bonds. The molecule has 122 valence electrons. The molecule has 0 saturated heterocycles. The monoisotopic (exact) mass is 317 g/mol. The molecule has 0 radical (unpaired) electrons. The molecule has 1 atom stereocenters. The maximum atomic E-state index is 12.7. The molecule has 0 spiro atoms. The second-order valence-corrected chi connectivity index (χ2v) is 4.70. The lowest BCUT2D eigenvalue weighted by atomic mass is 9.95. The van der Waals surface area contributed by atoms with Crippen LogP contribution in [0.15, 0.2) is 12.4 Å². The Morgan fingerprint density at radius 1 is 1.19 bits per heavy atom. The Bertz CT molecular complexity index is 423. The number of alkyl halides is 6. The van der Waals surface area contributed by atoms with E-state index in [4.69, 9.17) is 0 Å². The van der Waals surface area contributed by atoms with Crippen molar-refractivity contribution in [3.63, 3.8) is 0 Å². The van der Waals surface area contributed by atoms with Gasteiger partial charge in [-0.25, -0.2) is 4.98 Å². The summed E-state index contributed by atoms with van der Waals surface area (Å²) in [6.07, 6.45) is -7.57. The van der Waals surface area contributed by atoms with Crippen molar-refractivity contribution in [1.29, 1.82) is 0 Å². The average molecular weight is 317 g/mol. The highest BCUT2D eigenvalue weighted by molar-refractivity contribution is 4.99. The predicted octanol–water partition coefficient (Wildman–Crippen LogP) is 3.16. The SMILES string of the molecule is CCCn1ccnc1CC(NC)C(C(F)(F)F)C(F)(F)F. The van der Waals surface area contributed by atoms with Gasteiger partial charge in [-0.1, -0.05) is 6.92 Å². The summed E-state index contributed by atoms with van der Waals surface area (Å²) in [5, 5.41) is 2.13. The summed E-state index contributed by atoms with van der Waals surface area (Å²) in [7, 11) is 1.09. The summed E-state index contributed by atoms with van der Waals surface area (Å²) >= 11 is 0. The summed E-state index contributed by atoms with van der Waals surface area (Å²) in [5.74, 6) is -3.23. The summed E-state index contributed by atoms with van der Waals surface area (Å²) in [5.41, 5.74) is 0. The molecular weight excluding hydrogens is 300 g/mol. The van der Waals surface area contributed by atoms with Crippen molar-refractivity contribution in [2.75, 3.05) is 7.05 Å². The van der Waals surface area contributed by atoms with E-state index < -0.39 is 30.7 Å². The fourth-order valence-corrected chi connectivity index (χ4v) is 2.20. The first-order valence-electron chi connectivity index (χ1n) is 6.42. The van der Waals surface area contributed by atoms with Gasteiger partial charge in [-0.3, -0.25) is 0 Å². The topological polar surface area (TPSA) is 29.9 Å². The Morgan fingerprint density at radius 2 is 1.76 bits per heavy atom. The molecule has 0 aliphatic rings. The number of nitrogens with zero attached hydrogens (tertiary/aromatic N) is 2. The second-order valence-electron chi connectivity index (χ2n) is 4.70. The van der Waals surface area contributed by atoms with Crippen LogP contribution >= 0.6 is 0 Å². The second kappa shape index (κ2) is 6.67. The number of hydrogen-bond acceptors (Lipinski definition) is 2. The first-order chi connectivity index (χ1) is 9.61. The van der Waals surface area contributed by atoms with Gasteiger partial charge in [-0.2, -0.15) is 26.3 Å². The Balaban J connectivity index is 3.02. The van der Waals surface area contributed by atoms with E-state index in [0.29, 0.717) is 13.0 Å². The van der Waals surface area contributed by atoms with Gasteiger partial charge in [0.1, 0.15) is 5.82 Å². The molecule has 0 aromatic carbocycles. The highest BCUT2D eigenvalue weighted by Crippen LogP contribution is 2.41. The molecule has 0 aliphatic heterocycles. The van der Waals surface area contributed by atoms with Crippen LogP contribution in [-0.2, 0) is 13.0 Å². The normalized spacial score (nSPS) is 14.7. The van der Waals surface area contributed by atoms with Gasteiger partial charge < -0.3 is 9.88 Å². The molecule has 1 unspecified atom stereocenters. The van der Waals surface area contributed by atoms with Crippen LogP contribution in [0, 0.1) is 5.92 Å². The summed E-state index contributed by atoms with van der Waals surface area (Å²) in [6, 6.07) is -1.82. The van der Waals surface area contributed by atoms with E-state index in [-0.39, 0.29) is 5.82 Å². The molecule has 0 fully saturated rings. The van der Waals surface area contributed by atoms with Crippen molar-refractivity contribution in [2.24, 2.45) is 5.92 Å². The first-order valence-corrected chi connectivity index (χ1v) is 6.42. The highest BCUT2D eigenvalue weighted by atomic mass is 19.4. The Morgan fingerprint density at radius 3 is 2.19 bits per heavy atom. The van der Waals surface area contributed by atoms with Gasteiger partial charge in [-0.15, -0.1) is 0 Å². The molecule has 1 rings (SSSR count). The van der Waals surface area contributed by atoms with Crippen molar-refractivity contribution < 1.29 is 26.3 Å². The molecule has 3 nitrogen and oxygen atoms in total. The summed E-state index contributed by atoms with van der Waals surface area (Å²) in [4.78, 5) is 3.86. The molecule has 21 heavy (non-hydrogen) atoms. The minimum Gasteiger partial charge on any atom is -0.335 e. The third kappa shape index (κ3) is 4.62. The molecule has 0 bridgehead atoms. The lowest BCUT2D eigenvalue weighted by Gasteiger charge is -2.30. The first kappa shape index (κ1) is 17.8. The van der Waals surface area contributed by atoms with Crippen LogP contribution in [-0.4, -0.2) is 35.0 Å². The Hall–Kier alpha value is -1.25. The van der Waals surface area contributed by atoms with Crippen molar-refractivity contribution >= 4 is 0 Å². The van der Waals surface area contributed by atoms with E-state index in [1.807, 2.05) is 6.92 Å². The third-order valence-electron chi connectivity index (χ3n) is 3.15. The largest absolute Gasteiger partial charge is 0.402 e. The molecule has 1 heterocycles. The van der Waals surface area contributed by atoms with Crippen molar-refractivity contribution in [3.05, 3.63) is 18.2 Å². The van der Waals surface area contributed by atoms with Crippen molar-refractivity contribution in [1.82, 2.24) is 14.9 Å². The van der Waals surface area contributed by atoms with E-state index in [2.05, 4.69) is 10.3 Å². The van der Waals surface area contributed by atoms with Crippen LogP contribution in [0.2, 0.25) is 0 Å². The predicted molar refractivity (Wildman–Crippen MR) is 64.7 cm³/mol. The number of halogens is 6. The third-order valence-corrected chi connectivity index (χ3v) is 3.15. The average Bonchev–Trinajstić information content (AvgIpc) is 2.72. The maximum absolute atomic E-state index is 12.7. The lowest BCUT2D eigenvalue weighted by Crippen LogP contribution is -2.51. The van der Waals surface area contributed by atoms with E-state index in [1.165, 1.54) is 6.20 Å². The quantitative estimate of drug-likeness (QED) is 0.817. The Kier molecular flexibility index (Phi) is 5.66. The molecule has 1 N–H and O–H groups in total. The minimum atomic E-state index is -5.37. The number of hydrogen-bond donors (Lipinski definition) is 1. The van der Waals surface area contributed by atoms with Crippen molar-refractivity contribution in [2.45, 2.75) is 44.7 Å². The number of aromatic nitrogens is 2. The standard InChI is InChI=1S/C12H17F6N3/c1-3-5-21-6-4-20-9(21)7-8(19-2)10(11(13,14)15)12(16,17)18/h4,6,8,10,19H,3,5,7H2,1-2H3. The number of likely N-dealkylation sites (N-methyl/N-ethyl adjacent to an activating group) is 1. The summed E-state index contributed by atoms with van der Waals surface area (Å²) < 4.78 is 78.0. The minimum absolute atomic E-state index is 0.203. The van der Waals surface area contributed by atoms with E-state index in [1.54, 1.807) is 10.8 Å². The van der Waals surface area contributed by atoms with Crippen molar-refractivity contribution in [3.8, 4) is 0 Å². The zero-order chi connectivity index (χ0) is 16.3. The molecular formula is C12H17F6N3. The smallest absolute Gasteiger partial charge is 0.335 e.